The number of unbranched alkanes of at least 4 members (excludes halogenated alkanes) is 25. The van der Waals surface area contributed by atoms with Crippen molar-refractivity contribution in [3.8, 4) is 0 Å². The van der Waals surface area contributed by atoms with Gasteiger partial charge in [0.05, 0.1) is 6.42 Å². The van der Waals surface area contributed by atoms with Crippen LogP contribution in [0.15, 0.2) is 36.5 Å². The Balaban J connectivity index is 4.36. The van der Waals surface area contributed by atoms with Gasteiger partial charge in [-0.05, 0) is 32.1 Å². The van der Waals surface area contributed by atoms with Crippen LogP contribution in [-0.2, 0) is 28.6 Å². The molecular weight excluding hydrogens is 673 g/mol. The van der Waals surface area contributed by atoms with Crippen LogP contribution in [0.4, 0.5) is 0 Å². The lowest BCUT2D eigenvalue weighted by atomic mass is 10.0. The van der Waals surface area contributed by atoms with E-state index < -0.39 is 12.1 Å². The van der Waals surface area contributed by atoms with Crippen molar-refractivity contribution in [2.24, 2.45) is 0 Å². The highest BCUT2D eigenvalue weighted by Crippen LogP contribution is 2.15. The third-order valence-electron chi connectivity index (χ3n) is 9.94. The summed E-state index contributed by atoms with van der Waals surface area (Å²) in [7, 11) is 0. The fourth-order valence-corrected chi connectivity index (χ4v) is 6.50. The highest BCUT2D eigenvalue weighted by Gasteiger charge is 2.19. The van der Waals surface area contributed by atoms with Gasteiger partial charge in [0.1, 0.15) is 13.2 Å². The van der Waals surface area contributed by atoms with Crippen molar-refractivity contribution in [1.29, 1.82) is 0 Å². The number of hydrogen-bond acceptors (Lipinski definition) is 6. The summed E-state index contributed by atoms with van der Waals surface area (Å²) < 4.78 is 16.6. The van der Waals surface area contributed by atoms with Gasteiger partial charge in [-0.3, -0.25) is 14.4 Å². The van der Waals surface area contributed by atoms with Crippen molar-refractivity contribution in [3.63, 3.8) is 0 Å². The number of allylic oxidation sites excluding steroid dienone is 5. The summed E-state index contributed by atoms with van der Waals surface area (Å²) >= 11 is 0. The first-order valence-corrected chi connectivity index (χ1v) is 23.0. The second kappa shape index (κ2) is 43.4. The first kappa shape index (κ1) is 51.6. The lowest BCUT2D eigenvalue weighted by molar-refractivity contribution is -0.166. The molecule has 6 nitrogen and oxygen atoms in total. The number of carbonyl (C=O) groups is 3. The van der Waals surface area contributed by atoms with Crippen LogP contribution in [0.3, 0.4) is 0 Å². The number of rotatable bonds is 41. The van der Waals surface area contributed by atoms with Gasteiger partial charge in [-0.15, -0.1) is 0 Å². The zero-order valence-corrected chi connectivity index (χ0v) is 35.7. The van der Waals surface area contributed by atoms with E-state index in [-0.39, 0.29) is 31.6 Å². The summed E-state index contributed by atoms with van der Waals surface area (Å²) in [5, 5.41) is 0. The van der Waals surface area contributed by atoms with E-state index in [1.54, 1.807) is 6.08 Å². The van der Waals surface area contributed by atoms with E-state index in [2.05, 4.69) is 45.1 Å². The molecule has 0 heterocycles. The normalized spacial score (nSPS) is 12.3. The number of hydrogen-bond donors (Lipinski definition) is 0. The lowest BCUT2D eigenvalue weighted by Crippen LogP contribution is -2.30. The topological polar surface area (TPSA) is 78.9 Å². The van der Waals surface area contributed by atoms with Crippen molar-refractivity contribution < 1.29 is 28.6 Å². The Kier molecular flexibility index (Phi) is 41.5. The molecule has 0 N–H and O–H groups in total. The zero-order valence-electron chi connectivity index (χ0n) is 35.7. The van der Waals surface area contributed by atoms with Crippen LogP contribution in [0.25, 0.3) is 0 Å². The largest absolute Gasteiger partial charge is 0.462 e. The third kappa shape index (κ3) is 40.8. The molecule has 1 unspecified atom stereocenters. The first-order chi connectivity index (χ1) is 26.5. The molecule has 0 bridgehead atoms. The van der Waals surface area contributed by atoms with Crippen molar-refractivity contribution in [1.82, 2.24) is 0 Å². The Bertz CT molecular complexity index is 922. The maximum Gasteiger partial charge on any atom is 0.309 e. The molecule has 0 spiro atoms. The monoisotopic (exact) mass is 759 g/mol. The maximum absolute atomic E-state index is 12.7. The molecule has 0 aliphatic carbocycles. The van der Waals surface area contributed by atoms with E-state index in [0.717, 1.165) is 57.8 Å². The molecule has 0 saturated heterocycles. The van der Waals surface area contributed by atoms with Crippen LogP contribution in [0.2, 0.25) is 0 Å². The SMILES string of the molecule is CC/C=C\C/C=C\C/C=C\CC(=O)OCC(COC(=O)CCCCCCCCCCCCCCCCC)OC(=O)CCCCCCCCCCCCCC. The van der Waals surface area contributed by atoms with Crippen LogP contribution >= 0.6 is 0 Å². The molecule has 0 amide bonds. The fraction of sp³-hybridized carbons (Fsp3) is 0.812. The molecule has 0 rings (SSSR count). The summed E-state index contributed by atoms with van der Waals surface area (Å²) in [4.78, 5) is 37.6. The highest BCUT2D eigenvalue weighted by molar-refractivity contribution is 5.72. The van der Waals surface area contributed by atoms with Gasteiger partial charge >= 0.3 is 17.9 Å². The highest BCUT2D eigenvalue weighted by atomic mass is 16.6. The van der Waals surface area contributed by atoms with Gasteiger partial charge in [-0.2, -0.15) is 0 Å². The smallest absolute Gasteiger partial charge is 0.309 e. The van der Waals surface area contributed by atoms with E-state index in [0.29, 0.717) is 12.8 Å². The fourth-order valence-electron chi connectivity index (χ4n) is 6.50. The predicted octanol–water partition coefficient (Wildman–Crippen LogP) is 14.6. The molecule has 0 fully saturated rings. The maximum atomic E-state index is 12.7. The molecule has 54 heavy (non-hydrogen) atoms. The molecule has 0 saturated carbocycles. The molecule has 0 radical (unpaired) electrons. The number of esters is 3. The molecule has 0 aromatic rings. The Labute approximate surface area is 334 Å². The minimum atomic E-state index is -0.799. The molecule has 0 aromatic heterocycles. The Morgan fingerprint density at radius 3 is 1.13 bits per heavy atom. The van der Waals surface area contributed by atoms with E-state index in [1.807, 2.05) is 6.08 Å². The van der Waals surface area contributed by atoms with Crippen LogP contribution in [0, 0.1) is 0 Å². The quantitative estimate of drug-likeness (QED) is 0.0267. The molecule has 0 aliphatic heterocycles. The predicted molar refractivity (Wildman–Crippen MR) is 229 cm³/mol. The van der Waals surface area contributed by atoms with Gasteiger partial charge in [-0.25, -0.2) is 0 Å². The van der Waals surface area contributed by atoms with E-state index >= 15 is 0 Å². The summed E-state index contributed by atoms with van der Waals surface area (Å²) in [5.41, 5.74) is 0. The summed E-state index contributed by atoms with van der Waals surface area (Å²) in [6, 6.07) is 0. The first-order valence-electron chi connectivity index (χ1n) is 23.0. The van der Waals surface area contributed by atoms with Crippen LogP contribution in [0.1, 0.15) is 233 Å². The molecule has 314 valence electrons. The van der Waals surface area contributed by atoms with Gasteiger partial charge in [-0.1, -0.05) is 218 Å². The van der Waals surface area contributed by atoms with E-state index in [9.17, 15) is 14.4 Å². The molecule has 1 atom stereocenters. The summed E-state index contributed by atoms with van der Waals surface area (Å²) in [6.45, 7) is 6.42. The van der Waals surface area contributed by atoms with Gasteiger partial charge in [0.15, 0.2) is 6.10 Å². The molecule has 0 aromatic carbocycles. The second-order valence-corrected chi connectivity index (χ2v) is 15.3. The number of carbonyl (C=O) groups excluding carboxylic acids is 3. The van der Waals surface area contributed by atoms with Crippen molar-refractivity contribution in [3.05, 3.63) is 36.5 Å². The third-order valence-corrected chi connectivity index (χ3v) is 9.94. The minimum Gasteiger partial charge on any atom is -0.462 e. The molecule has 6 heteroatoms. The zero-order chi connectivity index (χ0) is 39.4. The van der Waals surface area contributed by atoms with E-state index in [1.165, 1.54) is 135 Å². The molecular formula is C48H86O6. The Hall–Kier alpha value is -2.37. The Morgan fingerprint density at radius 1 is 0.389 bits per heavy atom. The van der Waals surface area contributed by atoms with Gasteiger partial charge in [0, 0.05) is 12.8 Å². The van der Waals surface area contributed by atoms with Crippen LogP contribution in [-0.4, -0.2) is 37.2 Å². The second-order valence-electron chi connectivity index (χ2n) is 15.3. The van der Waals surface area contributed by atoms with Crippen molar-refractivity contribution >= 4 is 17.9 Å². The standard InChI is InChI=1S/C48H86O6/c1-4-7-10-13-16-19-21-23-24-25-27-29-32-35-38-41-47(50)53-44-45(43-52-46(49)40-37-34-31-28-18-15-12-9-6-3)54-48(51)42-39-36-33-30-26-22-20-17-14-11-8-5-2/h9,12,18,28,34,37,45H,4-8,10-11,13-17,19-27,29-33,35-36,38-44H2,1-3H3/b12-9-,28-18-,37-34-. The van der Waals surface area contributed by atoms with Crippen molar-refractivity contribution in [2.75, 3.05) is 13.2 Å². The average Bonchev–Trinajstić information content (AvgIpc) is 3.17. The van der Waals surface area contributed by atoms with Crippen molar-refractivity contribution in [2.45, 2.75) is 239 Å². The van der Waals surface area contributed by atoms with Crippen LogP contribution in [0.5, 0.6) is 0 Å². The van der Waals surface area contributed by atoms with Crippen LogP contribution < -0.4 is 0 Å². The minimum absolute atomic E-state index is 0.0951. The molecule has 0 aliphatic rings. The van der Waals surface area contributed by atoms with Gasteiger partial charge < -0.3 is 14.2 Å². The van der Waals surface area contributed by atoms with Gasteiger partial charge in [0.25, 0.3) is 0 Å². The number of ether oxygens (including phenoxy) is 3. The summed E-state index contributed by atoms with van der Waals surface area (Å²) in [6.07, 6.45) is 48.7. The Morgan fingerprint density at radius 2 is 0.722 bits per heavy atom. The van der Waals surface area contributed by atoms with E-state index in [4.69, 9.17) is 14.2 Å². The summed E-state index contributed by atoms with van der Waals surface area (Å²) in [5.74, 6) is -1.02. The average molecular weight is 759 g/mol. The lowest BCUT2D eigenvalue weighted by Gasteiger charge is -2.18. The van der Waals surface area contributed by atoms with Gasteiger partial charge in [0.2, 0.25) is 0 Å².